The van der Waals surface area contributed by atoms with E-state index in [9.17, 15) is 19.8 Å². The van der Waals surface area contributed by atoms with Gasteiger partial charge in [0.25, 0.3) is 0 Å². The molecule has 3 heterocycles. The lowest BCUT2D eigenvalue weighted by atomic mass is 10.0. The van der Waals surface area contributed by atoms with Crippen LogP contribution in [-0.2, 0) is 9.59 Å². The Morgan fingerprint density at radius 1 is 0.606 bits per heavy atom. The van der Waals surface area contributed by atoms with E-state index < -0.39 is 0 Å². The van der Waals surface area contributed by atoms with Crippen molar-refractivity contribution in [2.24, 2.45) is 15.9 Å². The van der Waals surface area contributed by atoms with Gasteiger partial charge in [0, 0.05) is 46.7 Å². The molecule has 3 N–H and O–H groups in total. The minimum atomic E-state index is -0.0455. The summed E-state index contributed by atoms with van der Waals surface area (Å²) in [5, 5.41) is 34.0. The maximum Gasteiger partial charge on any atom is 0.206 e. The number of fused-ring (bicyclic) bond motifs is 2. The summed E-state index contributed by atoms with van der Waals surface area (Å²) in [7, 11) is 0. The maximum atomic E-state index is 12.4. The first-order chi connectivity index (χ1) is 31.8. The minimum Gasteiger partial charge on any atom is -0.494 e. The molecule has 0 atom stereocenters. The SMILES string of the molecule is Cc1cc(C)cc(-n2c(O)c(C(=NCC(=O)C3CC3)c3ccco3)c3ccc(C)cc32)c1.Cc1cc(C)cc(-n2c(O)c(C(=NCC(=O)CCCO)c3ccccc3)c3ccc(C)cc32)c1. The van der Waals surface area contributed by atoms with E-state index in [1.54, 1.807) is 12.3 Å². The zero-order chi connectivity index (χ0) is 46.6. The fraction of sp³-hybridized carbons (Fsp3) is 0.250. The highest BCUT2D eigenvalue weighted by atomic mass is 16.3. The van der Waals surface area contributed by atoms with Crippen LogP contribution < -0.4 is 0 Å². The van der Waals surface area contributed by atoms with Gasteiger partial charge < -0.3 is 19.7 Å². The first kappa shape index (κ1) is 45.3. The molecule has 9 rings (SSSR count). The molecule has 0 radical (unpaired) electrons. The minimum absolute atomic E-state index is 0.00818. The van der Waals surface area contributed by atoms with Crippen molar-refractivity contribution in [3.63, 3.8) is 0 Å². The number of benzene rings is 5. The molecule has 1 fully saturated rings. The van der Waals surface area contributed by atoms with Crippen molar-refractivity contribution in [3.05, 3.63) is 177 Å². The van der Waals surface area contributed by atoms with E-state index in [-0.39, 0.29) is 55.4 Å². The molecule has 3 aromatic heterocycles. The zero-order valence-corrected chi connectivity index (χ0v) is 38.4. The second-order valence-corrected chi connectivity index (χ2v) is 17.6. The average Bonchev–Trinajstić information content (AvgIpc) is 3.82. The number of aromatic hydroxyl groups is 2. The Labute approximate surface area is 385 Å². The van der Waals surface area contributed by atoms with Crippen molar-refractivity contribution in [1.29, 1.82) is 0 Å². The maximum absolute atomic E-state index is 12.4. The van der Waals surface area contributed by atoms with E-state index in [0.717, 1.165) is 85.0 Å². The number of carbonyl (C=O) groups excluding carboxylic acids is 2. The van der Waals surface area contributed by atoms with Crippen LogP contribution in [-0.4, -0.2) is 67.1 Å². The van der Waals surface area contributed by atoms with E-state index in [1.165, 1.54) is 0 Å². The second-order valence-electron chi connectivity index (χ2n) is 17.6. The van der Waals surface area contributed by atoms with Gasteiger partial charge in [-0.2, -0.15) is 0 Å². The Kier molecular flexibility index (Phi) is 13.3. The van der Waals surface area contributed by atoms with Crippen LogP contribution in [0.1, 0.15) is 81.5 Å². The Morgan fingerprint density at radius 2 is 1.12 bits per heavy atom. The predicted molar refractivity (Wildman–Crippen MR) is 264 cm³/mol. The van der Waals surface area contributed by atoms with Gasteiger partial charge in [-0.1, -0.05) is 66.7 Å². The number of hydrogen-bond donors (Lipinski definition) is 3. The molecule has 0 saturated heterocycles. The molecular weight excluding hydrogens is 825 g/mol. The number of Topliss-reactive ketones (excluding diaryl/α,β-unsaturated/α-hetero) is 2. The molecule has 1 aliphatic carbocycles. The monoisotopic (exact) mass is 880 g/mol. The molecule has 10 nitrogen and oxygen atoms in total. The van der Waals surface area contributed by atoms with Gasteiger partial charge in [0.05, 0.1) is 47.2 Å². The summed E-state index contributed by atoms with van der Waals surface area (Å²) in [6.45, 7) is 12.3. The van der Waals surface area contributed by atoms with Crippen molar-refractivity contribution in [2.75, 3.05) is 19.7 Å². The largest absolute Gasteiger partial charge is 0.494 e. The molecule has 0 amide bonds. The van der Waals surface area contributed by atoms with Gasteiger partial charge in [-0.3, -0.25) is 28.7 Å². The van der Waals surface area contributed by atoms with E-state index in [0.29, 0.717) is 34.7 Å². The van der Waals surface area contributed by atoms with Crippen LogP contribution >= 0.6 is 0 Å². The van der Waals surface area contributed by atoms with Gasteiger partial charge in [-0.15, -0.1) is 0 Å². The third-order valence-electron chi connectivity index (χ3n) is 11.9. The van der Waals surface area contributed by atoms with Crippen molar-refractivity contribution >= 4 is 44.8 Å². The molecule has 8 aromatic rings. The van der Waals surface area contributed by atoms with E-state index >= 15 is 0 Å². The van der Waals surface area contributed by atoms with Crippen LogP contribution in [0.2, 0.25) is 0 Å². The summed E-state index contributed by atoms with van der Waals surface area (Å²) < 4.78 is 9.40. The number of hydrogen-bond acceptors (Lipinski definition) is 8. The highest BCUT2D eigenvalue weighted by Crippen LogP contribution is 2.39. The van der Waals surface area contributed by atoms with Crippen molar-refractivity contribution in [3.8, 4) is 23.1 Å². The number of rotatable bonds is 14. The fourth-order valence-electron chi connectivity index (χ4n) is 8.74. The normalized spacial score (nSPS) is 13.0. The Hall–Kier alpha value is -7.30. The number of aliphatic hydroxyl groups is 1. The third-order valence-corrected chi connectivity index (χ3v) is 11.9. The van der Waals surface area contributed by atoms with E-state index in [1.807, 2.05) is 111 Å². The smallest absolute Gasteiger partial charge is 0.206 e. The summed E-state index contributed by atoms with van der Waals surface area (Å²) in [5.41, 5.74) is 13.2. The van der Waals surface area contributed by atoms with Gasteiger partial charge >= 0.3 is 0 Å². The van der Waals surface area contributed by atoms with Gasteiger partial charge in [-0.05, 0) is 143 Å². The lowest BCUT2D eigenvalue weighted by molar-refractivity contribution is -0.119. The van der Waals surface area contributed by atoms with Crippen LogP contribution in [0.25, 0.3) is 33.2 Å². The Balaban J connectivity index is 0.000000180. The lowest BCUT2D eigenvalue weighted by Gasteiger charge is -2.11. The first-order valence-electron chi connectivity index (χ1n) is 22.5. The van der Waals surface area contributed by atoms with Gasteiger partial charge in [-0.25, -0.2) is 0 Å². The second kappa shape index (κ2) is 19.4. The number of furan rings is 1. The van der Waals surface area contributed by atoms with Crippen molar-refractivity contribution in [2.45, 2.75) is 67.2 Å². The highest BCUT2D eigenvalue weighted by molar-refractivity contribution is 6.22. The summed E-state index contributed by atoms with van der Waals surface area (Å²) >= 11 is 0. The molecule has 10 heteroatoms. The van der Waals surface area contributed by atoms with Crippen LogP contribution in [0.5, 0.6) is 11.8 Å². The van der Waals surface area contributed by atoms with Gasteiger partial charge in [0.1, 0.15) is 5.71 Å². The summed E-state index contributed by atoms with van der Waals surface area (Å²) in [4.78, 5) is 34.2. The predicted octanol–water partition coefficient (Wildman–Crippen LogP) is 11.1. The van der Waals surface area contributed by atoms with E-state index in [4.69, 9.17) is 14.5 Å². The standard InChI is InChI=1S/C29H30N2O3.C27H26N2O3/c1-19-11-12-25-26(17-19)31(23-15-20(2)14-21(3)16-23)29(34)27(25)28(22-8-5-4-6-9-22)30-18-24(33)10-7-13-32;1-16-6-9-21-22(14-16)29(20-12-17(2)11-18(3)13-20)27(31)25(21)26(24-5-4-10-32-24)28-15-23(30)19-7-8-19/h4-6,8-9,11-12,14-17,32,34H,7,10,13,18H2,1-3H3;4-6,9-14,19,31H,7-8,15H2,1-3H3. The van der Waals surface area contributed by atoms with Crippen molar-refractivity contribution < 1.29 is 29.3 Å². The third kappa shape index (κ3) is 9.70. The van der Waals surface area contributed by atoms with Crippen LogP contribution in [0.4, 0.5) is 0 Å². The molecule has 336 valence electrons. The van der Waals surface area contributed by atoms with Gasteiger partial charge in [0.2, 0.25) is 11.8 Å². The summed E-state index contributed by atoms with van der Waals surface area (Å²) in [5.74, 6) is 0.937. The van der Waals surface area contributed by atoms with Crippen LogP contribution in [0.3, 0.4) is 0 Å². The molecule has 0 spiro atoms. The quantitative estimate of drug-likeness (QED) is 0.0928. The fourth-order valence-corrected chi connectivity index (χ4v) is 8.74. The van der Waals surface area contributed by atoms with Crippen molar-refractivity contribution in [1.82, 2.24) is 9.13 Å². The molecule has 1 aliphatic rings. The number of aliphatic imine (C=N–C) groups is 2. The molecular formula is C56H56N4O6. The molecule has 66 heavy (non-hydrogen) atoms. The average molecular weight is 881 g/mol. The molecule has 5 aromatic carbocycles. The van der Waals surface area contributed by atoms with E-state index in [2.05, 4.69) is 53.5 Å². The molecule has 1 saturated carbocycles. The topological polar surface area (TPSA) is 143 Å². The number of aromatic nitrogens is 2. The number of aliphatic hydroxyl groups excluding tert-OH is 1. The lowest BCUT2D eigenvalue weighted by Crippen LogP contribution is -2.10. The molecule has 0 unspecified atom stereocenters. The first-order valence-corrected chi connectivity index (χ1v) is 22.5. The summed E-state index contributed by atoms with van der Waals surface area (Å²) in [6.07, 6.45) is 4.17. The van der Waals surface area contributed by atoms with Gasteiger partial charge in [0.15, 0.2) is 17.3 Å². The summed E-state index contributed by atoms with van der Waals surface area (Å²) in [6, 6.07) is 37.8. The van der Waals surface area contributed by atoms with Crippen LogP contribution in [0.15, 0.2) is 136 Å². The zero-order valence-electron chi connectivity index (χ0n) is 38.4. The molecule has 0 aliphatic heterocycles. The molecule has 0 bridgehead atoms. The number of ketones is 2. The number of nitrogens with zero attached hydrogens (tertiary/aromatic N) is 4. The van der Waals surface area contributed by atoms with Crippen LogP contribution in [0, 0.1) is 47.5 Å². The highest BCUT2D eigenvalue weighted by Gasteiger charge is 2.30. The Morgan fingerprint density at radius 3 is 1.61 bits per heavy atom. The number of carbonyl (C=O) groups is 2. The number of aryl methyl sites for hydroxylation is 6. The Bertz CT molecular complexity index is 3110.